The van der Waals surface area contributed by atoms with Crippen molar-refractivity contribution in [3.8, 4) is 0 Å². The molecule has 0 aromatic heterocycles. The maximum absolute atomic E-state index is 9.98. The van der Waals surface area contributed by atoms with Crippen molar-refractivity contribution in [3.05, 3.63) is 19.3 Å². The van der Waals surface area contributed by atoms with E-state index in [9.17, 15) is 28.8 Å². The molecule has 22 heavy (non-hydrogen) atoms. The third-order valence-corrected chi connectivity index (χ3v) is 1.22. The van der Waals surface area contributed by atoms with Gasteiger partial charge in [-0.25, -0.2) is 0 Å². The molecule has 0 N–H and O–H groups in total. The van der Waals surface area contributed by atoms with Gasteiger partial charge in [-0.05, 0) is 41.5 Å². The molecule has 0 atom stereocenters. The molecule has 0 aromatic rings. The second-order valence-corrected chi connectivity index (χ2v) is 4.10. The Morgan fingerprint density at radius 2 is 0.500 bits per heavy atom. The summed E-state index contributed by atoms with van der Waals surface area (Å²) in [7, 11) is 0. The van der Waals surface area contributed by atoms with Crippen LogP contribution in [-0.2, 0) is 28.8 Å². The molecule has 0 aliphatic heterocycles. The first kappa shape index (κ1) is 29.0. The van der Waals surface area contributed by atoms with Crippen LogP contribution in [0.3, 0.4) is 0 Å². The van der Waals surface area contributed by atoms with Crippen LogP contribution >= 0.6 is 0 Å². The number of hydrogen-bond donors (Lipinski definition) is 0. The van der Waals surface area contributed by atoms with Crippen LogP contribution in [0.4, 0.5) is 0 Å². The Balaban J connectivity index is -0.000000108. The van der Waals surface area contributed by atoms with Gasteiger partial charge in [0.2, 0.25) is 0 Å². The maximum atomic E-state index is 9.98. The van der Waals surface area contributed by atoms with E-state index >= 15 is 0 Å². The van der Waals surface area contributed by atoms with Crippen molar-refractivity contribution in [2.75, 3.05) is 0 Å². The largest absolute Gasteiger partial charge is 3.00 e. The van der Waals surface area contributed by atoms with Crippen molar-refractivity contribution >= 4 is 34.7 Å². The number of rotatable bonds is 6. The predicted octanol–water partition coefficient (Wildman–Crippen LogP) is 1.11. The van der Waals surface area contributed by atoms with Gasteiger partial charge in [0.15, 0.2) is 0 Å². The van der Waals surface area contributed by atoms with Crippen LogP contribution in [0.1, 0.15) is 41.5 Å². The van der Waals surface area contributed by atoms with E-state index < -0.39 is 0 Å². The molecule has 6 nitrogen and oxygen atoms in total. The van der Waals surface area contributed by atoms with Gasteiger partial charge in [0, 0.05) is 34.7 Å². The molecule has 0 heterocycles. The molecule has 0 saturated heterocycles. The Bertz CT molecular complexity index is 314. The maximum Gasteiger partial charge on any atom is 3.00 e. The monoisotopic (exact) mass is 462 g/mol. The number of hydrogen-bond acceptors (Lipinski definition) is 6. The fourth-order valence-electron chi connectivity index (χ4n) is 0.859. The summed E-state index contributed by atoms with van der Waals surface area (Å²) < 4.78 is 0. The van der Waals surface area contributed by atoms with Crippen LogP contribution < -0.4 is 0 Å². The van der Waals surface area contributed by atoms with Gasteiger partial charge in [-0.1, -0.05) is 0 Å². The quantitative estimate of drug-likeness (QED) is 0.333. The van der Waals surface area contributed by atoms with Gasteiger partial charge in [0.25, 0.3) is 0 Å². The van der Waals surface area contributed by atoms with E-state index in [0.717, 1.165) is 19.3 Å². The van der Waals surface area contributed by atoms with Crippen LogP contribution in [0.15, 0.2) is 0 Å². The van der Waals surface area contributed by atoms with Crippen molar-refractivity contribution in [2.45, 2.75) is 41.5 Å². The van der Waals surface area contributed by atoms with E-state index in [1.165, 1.54) is 41.5 Å². The number of Topliss-reactive ketones (excluding diaryl/α,β-unsaturated/α-hetero) is 6. The zero-order valence-corrected chi connectivity index (χ0v) is 15.4. The number of carbonyl (C=O) groups excluding carboxylic acids is 6. The zero-order chi connectivity index (χ0) is 17.6. The summed E-state index contributed by atoms with van der Waals surface area (Å²) in [6, 6.07) is 0. The van der Waals surface area contributed by atoms with Crippen molar-refractivity contribution in [1.29, 1.82) is 0 Å². The summed E-state index contributed by atoms with van der Waals surface area (Å²) in [5, 5.41) is 0. The molecule has 128 valence electrons. The minimum absolute atomic E-state index is 0. The number of ketones is 6. The van der Waals surface area contributed by atoms with Gasteiger partial charge >= 0.3 is 37.7 Å². The molecule has 0 amide bonds. The van der Waals surface area contributed by atoms with Crippen LogP contribution in [0.2, 0.25) is 0 Å². The predicted molar refractivity (Wildman–Crippen MR) is 77.0 cm³/mol. The Hall–Kier alpha value is -1.11. The van der Waals surface area contributed by atoms with Gasteiger partial charge in [-0.3, -0.25) is 19.3 Å². The summed E-state index contributed by atoms with van der Waals surface area (Å²) in [5.41, 5.74) is 0. The first-order chi connectivity index (χ1) is 9.38. The van der Waals surface area contributed by atoms with E-state index in [1.54, 1.807) is 0 Å². The molecule has 0 aliphatic rings. The van der Waals surface area contributed by atoms with Crippen LogP contribution in [0, 0.1) is 57.0 Å². The van der Waals surface area contributed by atoms with Crippen molar-refractivity contribution < 1.29 is 66.5 Å². The average molecular weight is 462 g/mol. The van der Waals surface area contributed by atoms with Gasteiger partial charge in [0.05, 0.1) is 0 Å². The van der Waals surface area contributed by atoms with E-state index in [4.69, 9.17) is 0 Å². The van der Waals surface area contributed by atoms with Gasteiger partial charge in [-0.2, -0.15) is 0 Å². The first-order valence-corrected chi connectivity index (χ1v) is 5.96. The van der Waals surface area contributed by atoms with Crippen LogP contribution in [0.5, 0.6) is 0 Å². The normalized spacial score (nSPS) is 7.36. The summed E-state index contributed by atoms with van der Waals surface area (Å²) in [6.07, 6.45) is 3.17. The Morgan fingerprint density at radius 3 is 0.500 bits per heavy atom. The Morgan fingerprint density at radius 1 is 0.409 bits per heavy atom. The molecule has 0 spiro atoms. The zero-order valence-electron chi connectivity index (χ0n) is 13.5. The Labute approximate surface area is 161 Å². The number of carbonyl (C=O) groups is 6. The minimum atomic E-state index is -0.187. The molecule has 0 saturated carbocycles. The molecule has 0 radical (unpaired) electrons. The van der Waals surface area contributed by atoms with E-state index in [-0.39, 0.29) is 72.4 Å². The standard InChI is InChI=1S/3C5H7O2.Ho/c3*1-4(6)3-5(2)7;/h3*3H,1-2H3;/q3*-1;+3. The summed E-state index contributed by atoms with van der Waals surface area (Å²) in [4.78, 5) is 59.9. The summed E-state index contributed by atoms with van der Waals surface area (Å²) in [5.74, 6) is -1.12. The second-order valence-electron chi connectivity index (χ2n) is 4.10. The van der Waals surface area contributed by atoms with Crippen molar-refractivity contribution in [3.63, 3.8) is 0 Å². The van der Waals surface area contributed by atoms with E-state index in [2.05, 4.69) is 0 Å². The summed E-state index contributed by atoms with van der Waals surface area (Å²) in [6.45, 7) is 8.09. The van der Waals surface area contributed by atoms with Crippen molar-refractivity contribution in [1.82, 2.24) is 0 Å². The van der Waals surface area contributed by atoms with Crippen molar-refractivity contribution in [2.24, 2.45) is 0 Å². The third-order valence-electron chi connectivity index (χ3n) is 1.22. The summed E-state index contributed by atoms with van der Waals surface area (Å²) >= 11 is 0. The van der Waals surface area contributed by atoms with Gasteiger partial charge < -0.3 is 28.8 Å². The Kier molecular flexibility index (Phi) is 23.6. The minimum Gasteiger partial charge on any atom is -0.334 e. The molecular formula is C15H21HoO6. The fourth-order valence-corrected chi connectivity index (χ4v) is 0.859. The average Bonchev–Trinajstić information content (AvgIpc) is 2.10. The third kappa shape index (κ3) is 51.0. The SMILES string of the molecule is CC(=O)[CH-]C(C)=O.CC(=O)[CH-]C(C)=O.CC(=O)[CH-]C(C)=O.[Ho+3]. The van der Waals surface area contributed by atoms with E-state index in [1.807, 2.05) is 0 Å². The topological polar surface area (TPSA) is 102 Å². The molecule has 0 aliphatic carbocycles. The molecule has 0 fully saturated rings. The molecule has 0 aromatic carbocycles. The molecule has 0 rings (SSSR count). The smallest absolute Gasteiger partial charge is 0.334 e. The van der Waals surface area contributed by atoms with Gasteiger partial charge in [0.1, 0.15) is 0 Å². The van der Waals surface area contributed by atoms with Gasteiger partial charge in [-0.15, -0.1) is 0 Å². The second kappa shape index (κ2) is 17.9. The van der Waals surface area contributed by atoms with E-state index in [0.29, 0.717) is 0 Å². The molecule has 7 heteroatoms. The molecule has 0 bridgehead atoms. The molecule has 0 unspecified atom stereocenters. The van der Waals surface area contributed by atoms with Crippen LogP contribution in [-0.4, -0.2) is 34.7 Å². The first-order valence-electron chi connectivity index (χ1n) is 5.96. The van der Waals surface area contributed by atoms with Crippen LogP contribution in [0.25, 0.3) is 0 Å². The molecular weight excluding hydrogens is 441 g/mol. The fraction of sp³-hybridized carbons (Fsp3) is 0.400.